The van der Waals surface area contributed by atoms with Crippen molar-refractivity contribution in [2.75, 3.05) is 13.2 Å². The average molecular weight is 404 g/mol. The van der Waals surface area contributed by atoms with Crippen molar-refractivity contribution < 1.29 is 9.47 Å². The number of aliphatic imine (C=N–C) groups is 1. The fraction of sp³-hybridized carbons (Fsp3) is 0.381. The molecule has 3 nitrogen and oxygen atoms in total. The van der Waals surface area contributed by atoms with Gasteiger partial charge < -0.3 is 9.47 Å². The molecule has 0 N–H and O–H groups in total. The summed E-state index contributed by atoms with van der Waals surface area (Å²) in [5.74, 6) is 1.77. The highest BCUT2D eigenvalue weighted by molar-refractivity contribution is 9.09. The van der Waals surface area contributed by atoms with Crippen LogP contribution in [-0.4, -0.2) is 24.3 Å². The molecule has 0 fully saturated rings. The molecule has 0 radical (unpaired) electrons. The first-order chi connectivity index (χ1) is 12.2. The lowest BCUT2D eigenvalue weighted by Crippen LogP contribution is -2.02. The molecule has 2 rings (SSSR count). The average Bonchev–Trinajstić information content (AvgIpc) is 2.65. The number of nitrogens with zero attached hydrogens (tertiary/aromatic N) is 1. The minimum Gasteiger partial charge on any atom is -0.494 e. The van der Waals surface area contributed by atoms with Gasteiger partial charge in [-0.2, -0.15) is 0 Å². The largest absolute Gasteiger partial charge is 0.494 e. The zero-order valence-electron chi connectivity index (χ0n) is 15.0. The number of alkyl halides is 1. The molecule has 0 aliphatic heterocycles. The van der Waals surface area contributed by atoms with E-state index in [2.05, 4.69) is 27.8 Å². The summed E-state index contributed by atoms with van der Waals surface area (Å²) in [5, 5.41) is 0. The van der Waals surface area contributed by atoms with Gasteiger partial charge in [-0.05, 0) is 80.3 Å². The summed E-state index contributed by atoms with van der Waals surface area (Å²) in [6, 6.07) is 15.8. The molecule has 0 aromatic heterocycles. The normalized spacial score (nSPS) is 12.3. The lowest BCUT2D eigenvalue weighted by Gasteiger charge is -2.08. The van der Waals surface area contributed by atoms with E-state index in [0.717, 1.165) is 48.6 Å². The van der Waals surface area contributed by atoms with Gasteiger partial charge in [0.2, 0.25) is 0 Å². The van der Waals surface area contributed by atoms with Crippen molar-refractivity contribution in [3.05, 3.63) is 54.1 Å². The van der Waals surface area contributed by atoms with Gasteiger partial charge in [-0.15, -0.1) is 0 Å². The quantitative estimate of drug-likeness (QED) is 0.269. The Balaban J connectivity index is 1.81. The van der Waals surface area contributed by atoms with Crippen molar-refractivity contribution in [1.29, 1.82) is 0 Å². The summed E-state index contributed by atoms with van der Waals surface area (Å²) in [6.07, 6.45) is 5.20. The minimum absolute atomic E-state index is 0.593. The summed E-state index contributed by atoms with van der Waals surface area (Å²) >= 11 is 3.64. The lowest BCUT2D eigenvalue weighted by atomic mass is 10.2. The van der Waals surface area contributed by atoms with Crippen LogP contribution in [0.25, 0.3) is 0 Å². The van der Waals surface area contributed by atoms with E-state index in [-0.39, 0.29) is 0 Å². The zero-order valence-corrected chi connectivity index (χ0v) is 16.5. The second-order valence-corrected chi connectivity index (χ2v) is 7.05. The highest BCUT2D eigenvalue weighted by Gasteiger charge is 2.01. The maximum atomic E-state index is 5.77. The number of hydrogen-bond acceptors (Lipinski definition) is 3. The summed E-state index contributed by atoms with van der Waals surface area (Å²) in [4.78, 5) is 5.09. The molecule has 0 bridgehead atoms. The summed E-state index contributed by atoms with van der Waals surface area (Å²) < 4.78 is 11.2. The number of rotatable bonds is 10. The predicted molar refractivity (Wildman–Crippen MR) is 109 cm³/mol. The molecule has 2 aromatic rings. The molecule has 0 aliphatic carbocycles. The van der Waals surface area contributed by atoms with Crippen molar-refractivity contribution in [2.45, 2.75) is 37.9 Å². The molecule has 0 amide bonds. The molecule has 1 atom stereocenters. The summed E-state index contributed by atoms with van der Waals surface area (Å²) in [6.45, 7) is 5.59. The highest BCUT2D eigenvalue weighted by atomic mass is 79.9. The smallest absolute Gasteiger partial charge is 0.119 e. The Labute approximate surface area is 159 Å². The molecule has 0 heterocycles. The predicted octanol–water partition coefficient (Wildman–Crippen LogP) is 6.17. The van der Waals surface area contributed by atoms with E-state index in [1.807, 2.05) is 61.7 Å². The number of ether oxygens (including phenoxy) is 2. The van der Waals surface area contributed by atoms with E-state index < -0.39 is 0 Å². The van der Waals surface area contributed by atoms with Gasteiger partial charge in [-0.25, -0.2) is 0 Å². The molecule has 2 aromatic carbocycles. The van der Waals surface area contributed by atoms with Crippen LogP contribution < -0.4 is 9.47 Å². The molecule has 1 unspecified atom stereocenters. The van der Waals surface area contributed by atoms with E-state index in [0.29, 0.717) is 11.4 Å². The first-order valence-electron chi connectivity index (χ1n) is 8.85. The van der Waals surface area contributed by atoms with Gasteiger partial charge in [0.05, 0.1) is 18.9 Å². The molecular weight excluding hydrogens is 378 g/mol. The van der Waals surface area contributed by atoms with Crippen LogP contribution in [0, 0.1) is 0 Å². The second-order valence-electron chi connectivity index (χ2n) is 5.75. The first kappa shape index (κ1) is 19.5. The summed E-state index contributed by atoms with van der Waals surface area (Å²) in [5.41, 5.74) is 1.96. The topological polar surface area (TPSA) is 30.8 Å². The third-order valence-electron chi connectivity index (χ3n) is 3.76. The van der Waals surface area contributed by atoms with Crippen LogP contribution in [0.2, 0.25) is 0 Å². The maximum absolute atomic E-state index is 5.77. The van der Waals surface area contributed by atoms with Crippen LogP contribution in [0.15, 0.2) is 53.5 Å². The molecular formula is C21H26BrNO2. The third kappa shape index (κ3) is 7.30. The van der Waals surface area contributed by atoms with Crippen molar-refractivity contribution in [1.82, 2.24) is 0 Å². The van der Waals surface area contributed by atoms with Crippen LogP contribution in [0.3, 0.4) is 0 Å². The van der Waals surface area contributed by atoms with Crippen molar-refractivity contribution in [2.24, 2.45) is 4.99 Å². The highest BCUT2D eigenvalue weighted by Crippen LogP contribution is 2.19. The lowest BCUT2D eigenvalue weighted by molar-refractivity contribution is 0.306. The van der Waals surface area contributed by atoms with Gasteiger partial charge in [0.25, 0.3) is 0 Å². The van der Waals surface area contributed by atoms with Crippen LogP contribution in [-0.2, 0) is 0 Å². The van der Waals surface area contributed by atoms with Gasteiger partial charge in [0.1, 0.15) is 11.5 Å². The van der Waals surface area contributed by atoms with Gasteiger partial charge in [-0.3, -0.25) is 4.99 Å². The fourth-order valence-corrected chi connectivity index (χ4v) is 2.62. The van der Waals surface area contributed by atoms with E-state index in [4.69, 9.17) is 9.47 Å². The Hall–Kier alpha value is -1.81. The Morgan fingerprint density at radius 2 is 1.60 bits per heavy atom. The Morgan fingerprint density at radius 3 is 2.24 bits per heavy atom. The van der Waals surface area contributed by atoms with Gasteiger partial charge in [-0.1, -0.05) is 22.9 Å². The fourth-order valence-electron chi connectivity index (χ4n) is 2.29. The van der Waals surface area contributed by atoms with Crippen molar-refractivity contribution in [3.63, 3.8) is 0 Å². The van der Waals surface area contributed by atoms with Crippen molar-refractivity contribution in [3.8, 4) is 11.5 Å². The Morgan fingerprint density at radius 1 is 0.960 bits per heavy atom. The monoisotopic (exact) mass is 403 g/mol. The molecule has 0 spiro atoms. The molecule has 0 saturated heterocycles. The Bertz CT molecular complexity index is 638. The van der Waals surface area contributed by atoms with Crippen molar-refractivity contribution >= 4 is 27.8 Å². The standard InChI is InChI=1S/C21H26BrNO2/c1-3-18(22)6-5-15-25-21-13-9-19(10-14-21)23-16-17-7-11-20(12-8-17)24-4-2/h7-14,16,18H,3-6,15H2,1-2H3. The number of halogens is 1. The van der Waals surface area contributed by atoms with Gasteiger partial charge in [0.15, 0.2) is 0 Å². The minimum atomic E-state index is 0.593. The molecule has 134 valence electrons. The number of hydrogen-bond donors (Lipinski definition) is 0. The molecule has 25 heavy (non-hydrogen) atoms. The van der Waals surface area contributed by atoms with Gasteiger partial charge in [0, 0.05) is 11.0 Å². The van der Waals surface area contributed by atoms with Crippen LogP contribution in [0.5, 0.6) is 11.5 Å². The van der Waals surface area contributed by atoms with Crippen LogP contribution in [0.4, 0.5) is 5.69 Å². The first-order valence-corrected chi connectivity index (χ1v) is 9.76. The molecule has 4 heteroatoms. The molecule has 0 aliphatic rings. The molecule has 0 saturated carbocycles. The number of benzene rings is 2. The van der Waals surface area contributed by atoms with Gasteiger partial charge >= 0.3 is 0 Å². The van der Waals surface area contributed by atoms with E-state index in [1.165, 1.54) is 0 Å². The second kappa shape index (κ2) is 10.9. The maximum Gasteiger partial charge on any atom is 0.119 e. The van der Waals surface area contributed by atoms with Crippen LogP contribution in [0.1, 0.15) is 38.7 Å². The SMILES string of the molecule is CCOc1ccc(C=Nc2ccc(OCCCC(Br)CC)cc2)cc1. The Kier molecular flexibility index (Phi) is 8.53. The zero-order chi connectivity index (χ0) is 17.9. The third-order valence-corrected chi connectivity index (χ3v) is 4.87. The van der Waals surface area contributed by atoms with Crippen LogP contribution >= 0.6 is 15.9 Å². The van der Waals surface area contributed by atoms with E-state index >= 15 is 0 Å². The summed E-state index contributed by atoms with van der Waals surface area (Å²) in [7, 11) is 0. The van der Waals surface area contributed by atoms with E-state index in [9.17, 15) is 0 Å². The van der Waals surface area contributed by atoms with E-state index in [1.54, 1.807) is 0 Å².